The Kier molecular flexibility index (Phi) is 5.26. The van der Waals surface area contributed by atoms with Crippen molar-refractivity contribution in [3.05, 3.63) is 22.7 Å². The monoisotopic (exact) mass is 296 g/mol. The number of benzene rings is 1. The summed E-state index contributed by atoms with van der Waals surface area (Å²) in [6.45, 7) is 2.02. The Morgan fingerprint density at radius 1 is 1.45 bits per heavy atom. The van der Waals surface area contributed by atoms with E-state index < -0.39 is 0 Å². The zero-order valence-corrected chi connectivity index (χ0v) is 12.5. The molecule has 1 aliphatic heterocycles. The summed E-state index contributed by atoms with van der Waals surface area (Å²) in [5.74, 6) is 1.36. The topological polar surface area (TPSA) is 64.3 Å². The number of piperidine rings is 1. The van der Waals surface area contributed by atoms with Gasteiger partial charge < -0.3 is 15.8 Å². The van der Waals surface area contributed by atoms with Crippen LogP contribution in [0.15, 0.2) is 12.1 Å². The molecule has 4 nitrogen and oxygen atoms in total. The number of nitrogen functional groups attached to an aromatic ring is 1. The van der Waals surface area contributed by atoms with Crippen LogP contribution in [0.25, 0.3) is 0 Å². The number of nitrogens with one attached hydrogen (secondary N) is 1. The van der Waals surface area contributed by atoms with Gasteiger partial charge in [-0.15, -0.1) is 0 Å². The minimum absolute atomic E-state index is 0.232. The lowest BCUT2D eigenvalue weighted by molar-refractivity contribution is -0.119. The van der Waals surface area contributed by atoms with Crippen molar-refractivity contribution in [3.63, 3.8) is 0 Å². The van der Waals surface area contributed by atoms with Gasteiger partial charge in [0.1, 0.15) is 11.5 Å². The van der Waals surface area contributed by atoms with Crippen molar-refractivity contribution in [3.8, 4) is 5.75 Å². The van der Waals surface area contributed by atoms with Crippen LogP contribution in [0.2, 0.25) is 5.02 Å². The Balaban J connectivity index is 2.01. The maximum absolute atomic E-state index is 12.2. The minimum Gasteiger partial charge on any atom is -0.496 e. The molecule has 0 atom stereocenters. The number of hydrogen-bond donors (Lipinski definition) is 2. The smallest absolute Gasteiger partial charge is 0.137 e. The Morgan fingerprint density at radius 2 is 2.15 bits per heavy atom. The number of hydrogen-bond acceptors (Lipinski definition) is 4. The number of anilines is 1. The number of ketones is 1. The van der Waals surface area contributed by atoms with E-state index in [2.05, 4.69) is 5.32 Å². The molecular weight excluding hydrogens is 276 g/mol. The van der Waals surface area contributed by atoms with Crippen LogP contribution in [0, 0.1) is 5.92 Å². The highest BCUT2D eigenvalue weighted by atomic mass is 35.5. The lowest BCUT2D eigenvalue weighted by atomic mass is 9.91. The second kappa shape index (κ2) is 6.95. The first-order valence-electron chi connectivity index (χ1n) is 6.94. The third-order valence-corrected chi connectivity index (χ3v) is 4.09. The molecule has 3 N–H and O–H groups in total. The number of ether oxygens (including phenoxy) is 1. The third kappa shape index (κ3) is 3.87. The SMILES string of the molecule is COc1cc(N)c(Cl)cc1CC(=O)CC1CCNCC1. The first-order valence-corrected chi connectivity index (χ1v) is 7.32. The molecule has 0 aromatic heterocycles. The van der Waals surface area contributed by atoms with E-state index in [1.807, 2.05) is 0 Å². The zero-order valence-electron chi connectivity index (χ0n) is 11.7. The van der Waals surface area contributed by atoms with E-state index in [4.69, 9.17) is 22.1 Å². The van der Waals surface area contributed by atoms with E-state index in [1.54, 1.807) is 19.2 Å². The highest BCUT2D eigenvalue weighted by molar-refractivity contribution is 6.33. The molecule has 0 spiro atoms. The first-order chi connectivity index (χ1) is 9.60. The van der Waals surface area contributed by atoms with Gasteiger partial charge in [0.25, 0.3) is 0 Å². The van der Waals surface area contributed by atoms with Crippen LogP contribution in [0.3, 0.4) is 0 Å². The molecule has 2 rings (SSSR count). The van der Waals surface area contributed by atoms with Gasteiger partial charge in [0, 0.05) is 24.5 Å². The van der Waals surface area contributed by atoms with Crippen LogP contribution < -0.4 is 15.8 Å². The first kappa shape index (κ1) is 15.1. The Labute approximate surface area is 124 Å². The van der Waals surface area contributed by atoms with Crippen LogP contribution in [0.5, 0.6) is 5.75 Å². The van der Waals surface area contributed by atoms with Crippen molar-refractivity contribution in [2.24, 2.45) is 5.92 Å². The number of Topliss-reactive ketones (excluding diaryl/α,β-unsaturated/α-hetero) is 1. The standard InChI is InChI=1S/C15H21ClN2O2/c1-20-15-9-14(17)13(16)8-11(15)7-12(19)6-10-2-4-18-5-3-10/h8-10,18H,2-7,17H2,1H3. The summed E-state index contributed by atoms with van der Waals surface area (Å²) in [6, 6.07) is 3.41. The van der Waals surface area contributed by atoms with Crippen molar-refractivity contribution in [1.29, 1.82) is 0 Å². The molecule has 0 radical (unpaired) electrons. The van der Waals surface area contributed by atoms with E-state index >= 15 is 0 Å². The van der Waals surface area contributed by atoms with Gasteiger partial charge in [0.15, 0.2) is 0 Å². The highest BCUT2D eigenvalue weighted by Crippen LogP contribution is 2.30. The van der Waals surface area contributed by atoms with E-state index in [-0.39, 0.29) is 5.78 Å². The molecule has 5 heteroatoms. The van der Waals surface area contributed by atoms with Gasteiger partial charge in [-0.3, -0.25) is 4.79 Å². The third-order valence-electron chi connectivity index (χ3n) is 3.76. The van der Waals surface area contributed by atoms with Gasteiger partial charge in [-0.2, -0.15) is 0 Å². The van der Waals surface area contributed by atoms with Crippen molar-refractivity contribution in [2.45, 2.75) is 25.7 Å². The predicted molar refractivity (Wildman–Crippen MR) is 81.3 cm³/mol. The molecule has 1 fully saturated rings. The molecule has 20 heavy (non-hydrogen) atoms. The van der Waals surface area contributed by atoms with E-state index in [0.717, 1.165) is 31.5 Å². The summed E-state index contributed by atoms with van der Waals surface area (Å²) < 4.78 is 5.27. The van der Waals surface area contributed by atoms with Crippen molar-refractivity contribution >= 4 is 23.1 Å². The fraction of sp³-hybridized carbons (Fsp3) is 0.533. The van der Waals surface area contributed by atoms with E-state index in [9.17, 15) is 4.79 Å². The molecule has 0 bridgehead atoms. The quantitative estimate of drug-likeness (QED) is 0.819. The molecular formula is C15H21ClN2O2. The summed E-state index contributed by atoms with van der Waals surface area (Å²) in [5, 5.41) is 3.77. The van der Waals surface area contributed by atoms with Gasteiger partial charge in [-0.25, -0.2) is 0 Å². The van der Waals surface area contributed by atoms with Crippen molar-refractivity contribution in [1.82, 2.24) is 5.32 Å². The number of carbonyl (C=O) groups excluding carboxylic acids is 1. The molecule has 0 saturated carbocycles. The fourth-order valence-electron chi connectivity index (χ4n) is 2.63. The van der Waals surface area contributed by atoms with Crippen LogP contribution >= 0.6 is 11.6 Å². The van der Waals surface area contributed by atoms with Gasteiger partial charge in [0.2, 0.25) is 0 Å². The molecule has 0 aliphatic carbocycles. The zero-order chi connectivity index (χ0) is 14.5. The molecule has 1 heterocycles. The van der Waals surface area contributed by atoms with Crippen molar-refractivity contribution < 1.29 is 9.53 Å². The summed E-state index contributed by atoms with van der Waals surface area (Å²) in [7, 11) is 1.57. The van der Waals surface area contributed by atoms with Crippen LogP contribution in [-0.2, 0) is 11.2 Å². The minimum atomic E-state index is 0.232. The molecule has 1 aromatic rings. The lowest BCUT2D eigenvalue weighted by Gasteiger charge is -2.22. The number of carbonyl (C=O) groups is 1. The largest absolute Gasteiger partial charge is 0.496 e. The van der Waals surface area contributed by atoms with Crippen LogP contribution in [0.4, 0.5) is 5.69 Å². The van der Waals surface area contributed by atoms with Gasteiger partial charge >= 0.3 is 0 Å². The summed E-state index contributed by atoms with van der Waals surface area (Å²) in [6.07, 6.45) is 3.14. The molecule has 1 aromatic carbocycles. The molecule has 1 aliphatic rings. The number of methoxy groups -OCH3 is 1. The summed E-state index contributed by atoms with van der Waals surface area (Å²) >= 11 is 6.02. The van der Waals surface area contributed by atoms with E-state index in [1.165, 1.54) is 0 Å². The van der Waals surface area contributed by atoms with Gasteiger partial charge in [0.05, 0.1) is 17.8 Å². The van der Waals surface area contributed by atoms with E-state index in [0.29, 0.717) is 35.2 Å². The average molecular weight is 297 g/mol. The van der Waals surface area contributed by atoms with Gasteiger partial charge in [-0.1, -0.05) is 11.6 Å². The lowest BCUT2D eigenvalue weighted by Crippen LogP contribution is -2.29. The summed E-state index contributed by atoms with van der Waals surface area (Å²) in [5.41, 5.74) is 7.02. The second-order valence-corrected chi connectivity index (χ2v) is 5.71. The second-order valence-electron chi connectivity index (χ2n) is 5.30. The van der Waals surface area contributed by atoms with Crippen LogP contribution in [-0.4, -0.2) is 26.0 Å². The summed E-state index contributed by atoms with van der Waals surface area (Å²) in [4.78, 5) is 12.2. The van der Waals surface area contributed by atoms with Gasteiger partial charge in [-0.05, 0) is 37.9 Å². The normalized spacial score (nSPS) is 16.1. The maximum atomic E-state index is 12.2. The number of rotatable bonds is 5. The molecule has 110 valence electrons. The fourth-order valence-corrected chi connectivity index (χ4v) is 2.82. The number of halogens is 1. The average Bonchev–Trinajstić information content (AvgIpc) is 2.43. The predicted octanol–water partition coefficient (Wildman–Crippen LogP) is 2.43. The Bertz CT molecular complexity index is 485. The highest BCUT2D eigenvalue weighted by Gasteiger charge is 2.18. The Hall–Kier alpha value is -1.26. The molecule has 0 amide bonds. The molecule has 1 saturated heterocycles. The van der Waals surface area contributed by atoms with Crippen LogP contribution in [0.1, 0.15) is 24.8 Å². The van der Waals surface area contributed by atoms with Crippen molar-refractivity contribution in [2.75, 3.05) is 25.9 Å². The Morgan fingerprint density at radius 3 is 2.80 bits per heavy atom. The maximum Gasteiger partial charge on any atom is 0.137 e. The number of nitrogens with two attached hydrogens (primary N) is 1. The molecule has 0 unspecified atom stereocenters.